The van der Waals surface area contributed by atoms with Crippen LogP contribution in [0.2, 0.25) is 0 Å². The van der Waals surface area contributed by atoms with Crippen LogP contribution < -0.4 is 21.6 Å². The third kappa shape index (κ3) is 6.81. The first-order valence-electron chi connectivity index (χ1n) is 12.8. The smallest absolute Gasteiger partial charge is 0.416 e. The van der Waals surface area contributed by atoms with E-state index in [-0.39, 0.29) is 35.7 Å². The van der Waals surface area contributed by atoms with Crippen molar-refractivity contribution < 1.29 is 27.8 Å². The molecule has 3 aromatic rings. The van der Waals surface area contributed by atoms with E-state index in [9.17, 15) is 23.1 Å². The number of nitrogens with zero attached hydrogens (tertiary/aromatic N) is 4. The summed E-state index contributed by atoms with van der Waals surface area (Å²) >= 11 is 0. The van der Waals surface area contributed by atoms with E-state index >= 15 is 0 Å². The lowest BCUT2D eigenvalue weighted by molar-refractivity contribution is -0.137. The van der Waals surface area contributed by atoms with Crippen LogP contribution in [0, 0.1) is 13.8 Å². The third-order valence-electron chi connectivity index (χ3n) is 7.09. The Kier molecular flexibility index (Phi) is 8.61. The Morgan fingerprint density at radius 2 is 1.95 bits per heavy atom. The van der Waals surface area contributed by atoms with E-state index in [1.54, 1.807) is 47.2 Å². The lowest BCUT2D eigenvalue weighted by Crippen LogP contribution is -2.49. The fourth-order valence-electron chi connectivity index (χ4n) is 4.67. The van der Waals surface area contributed by atoms with Gasteiger partial charge < -0.3 is 25.9 Å². The summed E-state index contributed by atoms with van der Waals surface area (Å²) in [6.45, 7) is 4.77. The summed E-state index contributed by atoms with van der Waals surface area (Å²) in [5, 5.41) is 17.7. The molecule has 10 nitrogen and oxygen atoms in total. The number of hydrogen-bond donors (Lipinski definition) is 4. The number of aromatic nitrogens is 2. The Bertz CT molecular complexity index is 1460. The van der Waals surface area contributed by atoms with Crippen molar-refractivity contribution in [2.75, 3.05) is 25.5 Å². The molecule has 2 heterocycles. The van der Waals surface area contributed by atoms with Gasteiger partial charge in [0.05, 0.1) is 42.9 Å². The molecule has 1 aromatic heterocycles. The molecule has 0 unspecified atom stereocenters. The van der Waals surface area contributed by atoms with Gasteiger partial charge in [0.15, 0.2) is 0 Å². The van der Waals surface area contributed by atoms with Gasteiger partial charge in [0.2, 0.25) is 0 Å². The molecule has 41 heavy (non-hydrogen) atoms. The zero-order valence-corrected chi connectivity index (χ0v) is 23.3. The van der Waals surface area contributed by atoms with E-state index in [1.807, 2.05) is 13.8 Å². The third-order valence-corrected chi connectivity index (χ3v) is 7.09. The summed E-state index contributed by atoms with van der Waals surface area (Å²) in [6.07, 6.45) is -1.94. The number of benzene rings is 2. The maximum absolute atomic E-state index is 13.7. The zero-order valence-electron chi connectivity index (χ0n) is 23.3. The van der Waals surface area contributed by atoms with Crippen molar-refractivity contribution in [2.45, 2.75) is 39.2 Å². The van der Waals surface area contributed by atoms with Crippen molar-refractivity contribution in [1.82, 2.24) is 19.7 Å². The van der Waals surface area contributed by atoms with Crippen molar-refractivity contribution in [2.24, 2.45) is 18.6 Å². The molecule has 2 aromatic carbocycles. The summed E-state index contributed by atoms with van der Waals surface area (Å²) in [5.41, 5.74) is 9.29. The van der Waals surface area contributed by atoms with Crippen LogP contribution in [0.3, 0.4) is 0 Å². The van der Waals surface area contributed by atoms with Gasteiger partial charge in [-0.2, -0.15) is 18.3 Å². The zero-order chi connectivity index (χ0) is 30.1. The summed E-state index contributed by atoms with van der Waals surface area (Å²) in [7, 11) is 3.14. The number of nitrogens with one attached hydrogen (secondary N) is 1. The van der Waals surface area contributed by atoms with Crippen molar-refractivity contribution in [3.8, 4) is 5.75 Å². The van der Waals surface area contributed by atoms with Crippen LogP contribution in [0.25, 0.3) is 5.70 Å². The summed E-state index contributed by atoms with van der Waals surface area (Å²) in [6, 6.07) is 6.81. The Hall–Kier alpha value is -4.07. The number of ether oxygens (including phenoxy) is 1. The first-order chi connectivity index (χ1) is 19.3. The average Bonchev–Trinajstić information content (AvgIpc) is 3.21. The molecule has 1 fully saturated rings. The van der Waals surface area contributed by atoms with E-state index < -0.39 is 23.8 Å². The number of rotatable bonds is 9. The maximum Gasteiger partial charge on any atom is 0.416 e. The van der Waals surface area contributed by atoms with Gasteiger partial charge in [-0.05, 0) is 49.2 Å². The molecule has 220 valence electrons. The number of likely N-dealkylation sites (tertiary alicyclic amines) is 1. The van der Waals surface area contributed by atoms with Crippen LogP contribution in [0.5, 0.6) is 5.75 Å². The molecule has 0 radical (unpaired) electrons. The van der Waals surface area contributed by atoms with E-state index in [1.165, 1.54) is 12.1 Å². The maximum atomic E-state index is 13.7. The molecule has 0 atom stereocenters. The number of anilines is 1. The highest BCUT2D eigenvalue weighted by Gasteiger charge is 2.34. The number of nitrogens with two attached hydrogens (primary N) is 2. The molecule has 13 heteroatoms. The average molecular weight is 574 g/mol. The summed E-state index contributed by atoms with van der Waals surface area (Å²) < 4.78 is 48.3. The standard InChI is InChI=1S/C28H34F3N7O3/c1-16-5-6-18(7-19(16)12-38(33)15-24(32)23-10-34-36(3)17(23)2)27(40)35-25-9-21(28(29,30)31)8-20(26(25)41-4)11-37-13-22(39)14-37/h5-10,15,22,39H,11-14,32-33H2,1-4H3,(H,35,40)/b24-15-. The lowest BCUT2D eigenvalue weighted by Gasteiger charge is -2.36. The fraction of sp³-hybridized carbons (Fsp3) is 0.357. The van der Waals surface area contributed by atoms with Crippen molar-refractivity contribution in [3.63, 3.8) is 0 Å². The second kappa shape index (κ2) is 11.8. The Balaban J connectivity index is 1.57. The monoisotopic (exact) mass is 573 g/mol. The molecule has 4 rings (SSSR count). The quantitative estimate of drug-likeness (QED) is 0.227. The molecule has 0 spiro atoms. The number of hydrazine groups is 1. The summed E-state index contributed by atoms with van der Waals surface area (Å²) in [4.78, 5) is 15.0. The molecule has 1 aliphatic heterocycles. The van der Waals surface area contributed by atoms with E-state index in [0.29, 0.717) is 18.8 Å². The highest BCUT2D eigenvalue weighted by Crippen LogP contribution is 2.39. The first-order valence-corrected chi connectivity index (χ1v) is 12.8. The van der Waals surface area contributed by atoms with Crippen molar-refractivity contribution in [1.29, 1.82) is 0 Å². The highest BCUT2D eigenvalue weighted by molar-refractivity contribution is 6.05. The molecule has 0 bridgehead atoms. The number of hydrogen-bond acceptors (Lipinski definition) is 8. The molecule has 1 aliphatic rings. The van der Waals surface area contributed by atoms with Crippen molar-refractivity contribution >= 4 is 17.3 Å². The normalized spacial score (nSPS) is 14.6. The number of carbonyl (C=O) groups is 1. The number of alkyl halides is 3. The van der Waals surface area contributed by atoms with Crippen LogP contribution >= 0.6 is 0 Å². The number of carbonyl (C=O) groups excluding carboxylic acids is 1. The van der Waals surface area contributed by atoms with Crippen LogP contribution in [0.1, 0.15) is 43.9 Å². The Morgan fingerprint density at radius 3 is 2.54 bits per heavy atom. The minimum absolute atomic E-state index is 0.103. The van der Waals surface area contributed by atoms with E-state index in [4.69, 9.17) is 16.3 Å². The number of β-amino-alcohol motifs (C(OH)–C–C–N with tert-alkyl or cyclic N) is 1. The lowest BCUT2D eigenvalue weighted by atomic mass is 10.0. The van der Waals surface area contributed by atoms with Gasteiger partial charge in [0.25, 0.3) is 5.91 Å². The van der Waals surface area contributed by atoms with Crippen LogP contribution in [-0.4, -0.2) is 57.0 Å². The number of aryl methyl sites for hydroxylation is 2. The Labute approximate surface area is 235 Å². The Morgan fingerprint density at radius 1 is 1.24 bits per heavy atom. The number of aliphatic hydroxyl groups excluding tert-OH is 1. The predicted molar refractivity (Wildman–Crippen MR) is 148 cm³/mol. The predicted octanol–water partition coefficient (Wildman–Crippen LogP) is 3.13. The minimum atomic E-state index is -4.64. The van der Waals surface area contributed by atoms with Crippen LogP contribution in [0.4, 0.5) is 18.9 Å². The number of methoxy groups -OCH3 is 1. The summed E-state index contributed by atoms with van der Waals surface area (Å²) in [5.74, 6) is 5.71. The van der Waals surface area contributed by atoms with Gasteiger partial charge in [-0.25, -0.2) is 5.84 Å². The van der Waals surface area contributed by atoms with Crippen LogP contribution in [0.15, 0.2) is 42.7 Å². The van der Waals surface area contributed by atoms with Gasteiger partial charge in [-0.15, -0.1) is 0 Å². The van der Waals surface area contributed by atoms with E-state index in [2.05, 4.69) is 10.4 Å². The molecule has 0 saturated carbocycles. The largest absolute Gasteiger partial charge is 0.494 e. The second-order valence-electron chi connectivity index (χ2n) is 10.2. The number of amides is 1. The topological polar surface area (TPSA) is 135 Å². The molecular formula is C28H34F3N7O3. The van der Waals surface area contributed by atoms with E-state index in [0.717, 1.165) is 34.5 Å². The highest BCUT2D eigenvalue weighted by atomic mass is 19.4. The molecular weight excluding hydrogens is 539 g/mol. The van der Waals surface area contributed by atoms with Crippen molar-refractivity contribution in [3.05, 3.63) is 81.8 Å². The van der Waals surface area contributed by atoms with Gasteiger partial charge >= 0.3 is 6.18 Å². The molecule has 1 amide bonds. The number of aliphatic hydroxyl groups is 1. The van der Waals surface area contributed by atoms with Gasteiger partial charge in [-0.3, -0.25) is 14.4 Å². The SMILES string of the molecule is COc1c(CN2CC(O)C2)cc(C(F)(F)F)cc1NC(=O)c1ccc(C)c(CN(N)/C=C(\N)c2cnn(C)c2C)c1. The van der Waals surface area contributed by atoms with Gasteiger partial charge in [0.1, 0.15) is 5.75 Å². The van der Waals surface area contributed by atoms with Gasteiger partial charge in [-0.1, -0.05) is 6.07 Å². The molecule has 0 aliphatic carbocycles. The molecule has 6 N–H and O–H groups in total. The van der Waals surface area contributed by atoms with Gasteiger partial charge in [0, 0.05) is 55.3 Å². The molecule has 1 saturated heterocycles. The fourth-order valence-corrected chi connectivity index (χ4v) is 4.67. The first kappa shape index (κ1) is 29.9. The number of halogens is 3. The second-order valence-corrected chi connectivity index (χ2v) is 10.2. The minimum Gasteiger partial charge on any atom is -0.494 e. The van der Waals surface area contributed by atoms with Crippen LogP contribution in [-0.2, 0) is 26.3 Å².